The van der Waals surface area contributed by atoms with Gasteiger partial charge in [0, 0.05) is 5.38 Å². The summed E-state index contributed by atoms with van der Waals surface area (Å²) < 4.78 is 6.42. The number of anilines is 1. The Morgan fingerprint density at radius 1 is 1.53 bits per heavy atom. The molecule has 86 valence electrons. The van der Waals surface area contributed by atoms with E-state index < -0.39 is 0 Å². The number of rotatable bonds is 2. The standard InChI is InChI=1S/C11H8IN3OS/c1-6-5-17-11(15-6)16-10-8(12)2-7(4-13)3-9(10)14/h2-3,5H,14H2,1H3. The number of benzene rings is 1. The molecule has 0 amide bonds. The Kier molecular flexibility index (Phi) is 3.49. The molecule has 1 heterocycles. The van der Waals surface area contributed by atoms with E-state index in [1.54, 1.807) is 12.1 Å². The summed E-state index contributed by atoms with van der Waals surface area (Å²) in [6.07, 6.45) is 0. The van der Waals surface area contributed by atoms with E-state index in [1.807, 2.05) is 12.3 Å². The highest BCUT2D eigenvalue weighted by Crippen LogP contribution is 2.34. The molecular formula is C11H8IN3OS. The van der Waals surface area contributed by atoms with Crippen LogP contribution in [0.25, 0.3) is 0 Å². The van der Waals surface area contributed by atoms with Crippen LogP contribution in [-0.4, -0.2) is 4.98 Å². The van der Waals surface area contributed by atoms with Crippen molar-refractivity contribution in [2.45, 2.75) is 6.92 Å². The van der Waals surface area contributed by atoms with Gasteiger partial charge in [-0.2, -0.15) is 5.26 Å². The van der Waals surface area contributed by atoms with Crippen molar-refractivity contribution in [1.29, 1.82) is 5.26 Å². The third-order valence-corrected chi connectivity index (χ3v) is 3.63. The van der Waals surface area contributed by atoms with E-state index in [9.17, 15) is 0 Å². The van der Waals surface area contributed by atoms with Crippen molar-refractivity contribution >= 4 is 39.6 Å². The summed E-state index contributed by atoms with van der Waals surface area (Å²) in [5.41, 5.74) is 7.73. The number of hydrogen-bond donors (Lipinski definition) is 1. The highest BCUT2D eigenvalue weighted by atomic mass is 127. The van der Waals surface area contributed by atoms with E-state index in [-0.39, 0.29) is 0 Å². The van der Waals surface area contributed by atoms with Crippen LogP contribution in [0.1, 0.15) is 11.3 Å². The molecule has 1 aromatic carbocycles. The topological polar surface area (TPSA) is 71.9 Å². The zero-order valence-corrected chi connectivity index (χ0v) is 11.9. The van der Waals surface area contributed by atoms with E-state index in [0.717, 1.165) is 9.26 Å². The van der Waals surface area contributed by atoms with Gasteiger partial charge in [-0.05, 0) is 41.6 Å². The van der Waals surface area contributed by atoms with E-state index in [1.165, 1.54) is 11.3 Å². The summed E-state index contributed by atoms with van der Waals surface area (Å²) in [5.74, 6) is 0.555. The molecule has 4 nitrogen and oxygen atoms in total. The largest absolute Gasteiger partial charge is 0.428 e. The molecule has 2 rings (SSSR count). The lowest BCUT2D eigenvalue weighted by atomic mass is 10.2. The second kappa shape index (κ2) is 4.89. The van der Waals surface area contributed by atoms with E-state index in [0.29, 0.717) is 22.2 Å². The van der Waals surface area contributed by atoms with Crippen LogP contribution in [0.3, 0.4) is 0 Å². The van der Waals surface area contributed by atoms with Gasteiger partial charge in [0.15, 0.2) is 5.75 Å². The Hall–Kier alpha value is -1.33. The predicted octanol–water partition coefficient (Wildman–Crippen LogP) is 3.30. The van der Waals surface area contributed by atoms with Crippen molar-refractivity contribution in [3.8, 4) is 17.0 Å². The quantitative estimate of drug-likeness (QED) is 0.661. The molecule has 0 unspecified atom stereocenters. The van der Waals surface area contributed by atoms with Crippen LogP contribution in [0.15, 0.2) is 17.5 Å². The maximum atomic E-state index is 8.81. The summed E-state index contributed by atoms with van der Waals surface area (Å²) in [6, 6.07) is 5.37. The Bertz CT molecular complexity index is 580. The van der Waals surface area contributed by atoms with Gasteiger partial charge in [-0.3, -0.25) is 0 Å². The molecule has 0 atom stereocenters. The zero-order valence-electron chi connectivity index (χ0n) is 8.90. The van der Waals surface area contributed by atoms with E-state index in [4.69, 9.17) is 15.7 Å². The molecular weight excluding hydrogens is 349 g/mol. The molecule has 0 aliphatic heterocycles. The summed E-state index contributed by atoms with van der Waals surface area (Å²) in [4.78, 5) is 4.20. The normalized spacial score (nSPS) is 9.94. The number of nitriles is 1. The molecule has 0 saturated carbocycles. The Morgan fingerprint density at radius 3 is 2.82 bits per heavy atom. The number of nitrogens with two attached hydrogens (primary N) is 1. The summed E-state index contributed by atoms with van der Waals surface area (Å²) in [6.45, 7) is 1.90. The van der Waals surface area contributed by atoms with Gasteiger partial charge in [-0.15, -0.1) is 0 Å². The first-order valence-electron chi connectivity index (χ1n) is 4.69. The molecule has 0 spiro atoms. The van der Waals surface area contributed by atoms with Crippen LogP contribution >= 0.6 is 33.9 Å². The van der Waals surface area contributed by atoms with Crippen molar-refractivity contribution in [1.82, 2.24) is 4.98 Å². The van der Waals surface area contributed by atoms with Gasteiger partial charge >= 0.3 is 0 Å². The molecule has 2 N–H and O–H groups in total. The zero-order chi connectivity index (χ0) is 12.4. The maximum Gasteiger partial charge on any atom is 0.279 e. The average Bonchev–Trinajstić information content (AvgIpc) is 2.69. The number of aryl methyl sites for hydroxylation is 1. The number of aromatic nitrogens is 1. The fourth-order valence-corrected chi connectivity index (χ4v) is 2.66. The number of hydrogen-bond acceptors (Lipinski definition) is 5. The first kappa shape index (κ1) is 12.1. The Balaban J connectivity index is 2.37. The smallest absolute Gasteiger partial charge is 0.279 e. The van der Waals surface area contributed by atoms with Gasteiger partial charge < -0.3 is 10.5 Å². The van der Waals surface area contributed by atoms with Crippen molar-refractivity contribution in [3.63, 3.8) is 0 Å². The molecule has 0 aliphatic carbocycles. The van der Waals surface area contributed by atoms with Crippen molar-refractivity contribution < 1.29 is 4.74 Å². The second-order valence-electron chi connectivity index (χ2n) is 3.35. The molecule has 17 heavy (non-hydrogen) atoms. The van der Waals surface area contributed by atoms with Crippen LogP contribution in [0.5, 0.6) is 10.9 Å². The van der Waals surface area contributed by atoms with Gasteiger partial charge in [-0.1, -0.05) is 11.3 Å². The van der Waals surface area contributed by atoms with Crippen LogP contribution in [0.4, 0.5) is 5.69 Å². The minimum absolute atomic E-state index is 0.446. The number of thiazole rings is 1. The molecule has 1 aromatic heterocycles. The van der Waals surface area contributed by atoms with E-state index >= 15 is 0 Å². The van der Waals surface area contributed by atoms with Crippen LogP contribution < -0.4 is 10.5 Å². The Labute approximate surface area is 116 Å². The third-order valence-electron chi connectivity index (χ3n) is 1.99. The van der Waals surface area contributed by atoms with Crippen molar-refractivity contribution in [2.24, 2.45) is 0 Å². The van der Waals surface area contributed by atoms with Crippen LogP contribution in [-0.2, 0) is 0 Å². The van der Waals surface area contributed by atoms with Crippen LogP contribution in [0.2, 0.25) is 0 Å². The SMILES string of the molecule is Cc1csc(Oc2c(N)cc(C#N)cc2I)n1. The minimum Gasteiger partial charge on any atom is -0.428 e. The maximum absolute atomic E-state index is 8.81. The number of ether oxygens (including phenoxy) is 1. The fraction of sp³-hybridized carbons (Fsp3) is 0.0909. The van der Waals surface area contributed by atoms with Gasteiger partial charge in [0.25, 0.3) is 5.19 Å². The lowest BCUT2D eigenvalue weighted by Gasteiger charge is -2.08. The molecule has 0 aliphatic rings. The molecule has 0 fully saturated rings. The highest BCUT2D eigenvalue weighted by Gasteiger charge is 2.11. The molecule has 0 radical (unpaired) electrons. The molecule has 2 aromatic rings. The van der Waals surface area contributed by atoms with Crippen LogP contribution in [0, 0.1) is 21.8 Å². The first-order valence-corrected chi connectivity index (χ1v) is 6.65. The summed E-state index contributed by atoms with van der Waals surface area (Å²) in [7, 11) is 0. The number of nitrogens with zero attached hydrogens (tertiary/aromatic N) is 2. The lowest BCUT2D eigenvalue weighted by Crippen LogP contribution is -1.96. The number of halogens is 1. The second-order valence-corrected chi connectivity index (χ2v) is 5.33. The van der Waals surface area contributed by atoms with Crippen molar-refractivity contribution in [3.05, 3.63) is 32.3 Å². The van der Waals surface area contributed by atoms with E-state index in [2.05, 4.69) is 33.6 Å². The third kappa shape index (κ3) is 2.68. The van der Waals surface area contributed by atoms with Gasteiger partial charge in [0.2, 0.25) is 0 Å². The molecule has 0 bridgehead atoms. The first-order chi connectivity index (χ1) is 8.10. The Morgan fingerprint density at radius 2 is 2.29 bits per heavy atom. The lowest BCUT2D eigenvalue weighted by molar-refractivity contribution is 0.477. The molecule has 6 heteroatoms. The fourth-order valence-electron chi connectivity index (χ4n) is 1.25. The monoisotopic (exact) mass is 357 g/mol. The minimum atomic E-state index is 0.446. The summed E-state index contributed by atoms with van der Waals surface area (Å²) >= 11 is 3.50. The molecule has 0 saturated heterocycles. The van der Waals surface area contributed by atoms with Crippen molar-refractivity contribution in [2.75, 3.05) is 5.73 Å². The highest BCUT2D eigenvalue weighted by molar-refractivity contribution is 14.1. The van der Waals surface area contributed by atoms with Gasteiger partial charge in [-0.25, -0.2) is 4.98 Å². The van der Waals surface area contributed by atoms with Gasteiger partial charge in [0.1, 0.15) is 0 Å². The average molecular weight is 357 g/mol. The van der Waals surface area contributed by atoms with Gasteiger partial charge in [0.05, 0.1) is 26.6 Å². The predicted molar refractivity (Wildman–Crippen MR) is 75.2 cm³/mol. The number of nitrogen functional groups attached to an aromatic ring is 1. The summed E-state index contributed by atoms with van der Waals surface area (Å²) in [5, 5.41) is 11.3.